The monoisotopic (exact) mass is 339 g/mol. The van der Waals surface area contributed by atoms with Crippen LogP contribution in [0.4, 0.5) is 5.69 Å². The molecule has 0 saturated carbocycles. The topological polar surface area (TPSA) is 46.9 Å². The number of nitrogens with zero attached hydrogens (tertiary/aromatic N) is 2. The molecule has 0 aliphatic carbocycles. The van der Waals surface area contributed by atoms with Gasteiger partial charge >= 0.3 is 0 Å². The maximum atomic E-state index is 11.3. The SMILES string of the molecule is C[S@@](=O)Cc1cccc(NCc2cnn(Cc3ccccc3)c2)c1. The lowest BCUT2D eigenvalue weighted by Gasteiger charge is -2.07. The molecule has 5 heteroatoms. The Bertz CT molecular complexity index is 814. The Morgan fingerprint density at radius 2 is 1.83 bits per heavy atom. The summed E-state index contributed by atoms with van der Waals surface area (Å²) >= 11 is 0. The highest BCUT2D eigenvalue weighted by molar-refractivity contribution is 7.83. The van der Waals surface area contributed by atoms with Crippen LogP contribution >= 0.6 is 0 Å². The number of hydrogen-bond acceptors (Lipinski definition) is 3. The highest BCUT2D eigenvalue weighted by Crippen LogP contribution is 2.13. The van der Waals surface area contributed by atoms with Gasteiger partial charge in [-0.25, -0.2) is 0 Å². The molecule has 0 fully saturated rings. The largest absolute Gasteiger partial charge is 0.381 e. The normalized spacial score (nSPS) is 12.0. The van der Waals surface area contributed by atoms with Crippen molar-refractivity contribution in [2.45, 2.75) is 18.8 Å². The van der Waals surface area contributed by atoms with Gasteiger partial charge in [-0.1, -0.05) is 42.5 Å². The third-order valence-corrected chi connectivity index (χ3v) is 4.41. The van der Waals surface area contributed by atoms with Crippen LogP contribution in [0.25, 0.3) is 0 Å². The highest BCUT2D eigenvalue weighted by Gasteiger charge is 2.02. The lowest BCUT2D eigenvalue weighted by Crippen LogP contribution is -2.01. The van der Waals surface area contributed by atoms with Crippen LogP contribution in [-0.4, -0.2) is 20.2 Å². The maximum absolute atomic E-state index is 11.3. The molecule has 2 aromatic carbocycles. The van der Waals surface area contributed by atoms with Gasteiger partial charge < -0.3 is 5.32 Å². The van der Waals surface area contributed by atoms with E-state index in [2.05, 4.69) is 34.8 Å². The zero-order chi connectivity index (χ0) is 16.8. The van der Waals surface area contributed by atoms with Gasteiger partial charge in [0.05, 0.1) is 12.7 Å². The van der Waals surface area contributed by atoms with E-state index >= 15 is 0 Å². The molecule has 1 N–H and O–H groups in total. The van der Waals surface area contributed by atoms with Gasteiger partial charge in [0.1, 0.15) is 0 Å². The van der Waals surface area contributed by atoms with Gasteiger partial charge in [0.2, 0.25) is 0 Å². The molecule has 124 valence electrons. The molecule has 0 aliphatic rings. The second-order valence-corrected chi connectivity index (χ2v) is 7.24. The van der Waals surface area contributed by atoms with Crippen molar-refractivity contribution in [3.63, 3.8) is 0 Å². The molecule has 0 saturated heterocycles. The molecule has 1 heterocycles. The third kappa shape index (κ3) is 4.80. The van der Waals surface area contributed by atoms with Crippen molar-refractivity contribution in [3.8, 4) is 0 Å². The van der Waals surface area contributed by atoms with E-state index < -0.39 is 10.8 Å². The Balaban J connectivity index is 1.58. The van der Waals surface area contributed by atoms with Crippen LogP contribution in [0.15, 0.2) is 67.0 Å². The molecule has 0 unspecified atom stereocenters. The van der Waals surface area contributed by atoms with Gasteiger partial charge in [0.15, 0.2) is 0 Å². The van der Waals surface area contributed by atoms with Gasteiger partial charge in [-0.2, -0.15) is 5.10 Å². The minimum atomic E-state index is -0.822. The van der Waals surface area contributed by atoms with Gasteiger partial charge in [0, 0.05) is 46.8 Å². The molecule has 24 heavy (non-hydrogen) atoms. The first-order valence-electron chi connectivity index (χ1n) is 7.87. The zero-order valence-corrected chi connectivity index (χ0v) is 14.5. The van der Waals surface area contributed by atoms with Crippen LogP contribution in [0.5, 0.6) is 0 Å². The minimum absolute atomic E-state index is 0.588. The predicted molar refractivity (Wildman–Crippen MR) is 99.3 cm³/mol. The summed E-state index contributed by atoms with van der Waals surface area (Å²) in [6, 6.07) is 18.4. The standard InChI is InChI=1S/C19H21N3OS/c1-24(23)15-17-8-5-9-19(10-17)20-11-18-12-21-22(14-18)13-16-6-3-2-4-7-16/h2-10,12,14,20H,11,13,15H2,1H3/t24-/m1/s1. The van der Waals surface area contributed by atoms with Crippen molar-refractivity contribution in [2.75, 3.05) is 11.6 Å². The van der Waals surface area contributed by atoms with E-state index in [0.29, 0.717) is 12.3 Å². The summed E-state index contributed by atoms with van der Waals surface area (Å²) in [6.07, 6.45) is 5.67. The summed E-state index contributed by atoms with van der Waals surface area (Å²) in [6.45, 7) is 1.49. The van der Waals surface area contributed by atoms with Gasteiger partial charge in [-0.3, -0.25) is 8.89 Å². The second kappa shape index (κ2) is 7.93. The maximum Gasteiger partial charge on any atom is 0.0659 e. The summed E-state index contributed by atoms with van der Waals surface area (Å²) in [4.78, 5) is 0. The fraction of sp³-hybridized carbons (Fsp3) is 0.211. The van der Waals surface area contributed by atoms with Crippen molar-refractivity contribution in [1.29, 1.82) is 0 Å². The molecule has 0 spiro atoms. The first-order chi connectivity index (χ1) is 11.7. The summed E-state index contributed by atoms with van der Waals surface area (Å²) in [5.41, 5.74) is 4.49. The molecular formula is C19H21N3OS. The lowest BCUT2D eigenvalue weighted by molar-refractivity contribution is 0.686. The smallest absolute Gasteiger partial charge is 0.0659 e. The van der Waals surface area contributed by atoms with E-state index in [9.17, 15) is 4.21 Å². The van der Waals surface area contributed by atoms with Gasteiger partial charge in [0.25, 0.3) is 0 Å². The van der Waals surface area contributed by atoms with Crippen molar-refractivity contribution in [3.05, 3.63) is 83.7 Å². The van der Waals surface area contributed by atoms with Crippen LogP contribution in [0.3, 0.4) is 0 Å². The Hall–Kier alpha value is -2.40. The molecule has 0 radical (unpaired) electrons. The minimum Gasteiger partial charge on any atom is -0.381 e. The average molecular weight is 339 g/mol. The van der Waals surface area contributed by atoms with E-state index in [4.69, 9.17) is 0 Å². The molecule has 0 amide bonds. The van der Waals surface area contributed by atoms with Crippen molar-refractivity contribution in [2.24, 2.45) is 0 Å². The van der Waals surface area contributed by atoms with Crippen molar-refractivity contribution in [1.82, 2.24) is 9.78 Å². The Labute approximate surface area is 145 Å². The molecule has 3 rings (SSSR count). The quantitative estimate of drug-likeness (QED) is 0.717. The van der Waals surface area contributed by atoms with Crippen LogP contribution in [-0.2, 0) is 29.6 Å². The number of benzene rings is 2. The summed E-state index contributed by atoms with van der Waals surface area (Å²) in [7, 11) is -0.822. The average Bonchev–Trinajstić information content (AvgIpc) is 3.01. The number of aromatic nitrogens is 2. The van der Waals surface area contributed by atoms with Crippen molar-refractivity contribution < 1.29 is 4.21 Å². The van der Waals surface area contributed by atoms with Crippen LogP contribution in [0, 0.1) is 0 Å². The summed E-state index contributed by atoms with van der Waals surface area (Å²) in [5.74, 6) is 0.588. The molecule has 1 atom stereocenters. The van der Waals surface area contributed by atoms with E-state index in [1.165, 1.54) is 5.56 Å². The first kappa shape index (κ1) is 16.5. The molecule has 4 nitrogen and oxygen atoms in total. The zero-order valence-electron chi connectivity index (χ0n) is 13.7. The number of hydrogen-bond donors (Lipinski definition) is 1. The second-order valence-electron chi connectivity index (χ2n) is 5.80. The Kier molecular flexibility index (Phi) is 5.43. The molecule has 0 bridgehead atoms. The van der Waals surface area contributed by atoms with Gasteiger partial charge in [-0.05, 0) is 23.3 Å². The molecule has 0 aliphatic heterocycles. The van der Waals surface area contributed by atoms with Gasteiger partial charge in [-0.15, -0.1) is 0 Å². The Morgan fingerprint density at radius 3 is 2.62 bits per heavy atom. The molecule has 3 aromatic rings. The highest BCUT2D eigenvalue weighted by atomic mass is 32.2. The van der Waals surface area contributed by atoms with Crippen LogP contribution < -0.4 is 5.32 Å². The summed E-state index contributed by atoms with van der Waals surface area (Å²) < 4.78 is 13.3. The van der Waals surface area contributed by atoms with Crippen molar-refractivity contribution >= 4 is 16.5 Å². The van der Waals surface area contributed by atoms with Crippen LogP contribution in [0.1, 0.15) is 16.7 Å². The van der Waals surface area contributed by atoms with E-state index in [0.717, 1.165) is 23.4 Å². The van der Waals surface area contributed by atoms with Crippen LogP contribution in [0.2, 0.25) is 0 Å². The fourth-order valence-corrected chi connectivity index (χ4v) is 3.21. The third-order valence-electron chi connectivity index (χ3n) is 3.67. The first-order valence-corrected chi connectivity index (χ1v) is 9.60. The number of nitrogens with one attached hydrogen (secondary N) is 1. The lowest BCUT2D eigenvalue weighted by atomic mass is 10.2. The van der Waals surface area contributed by atoms with E-state index in [-0.39, 0.29) is 0 Å². The number of anilines is 1. The number of rotatable bonds is 7. The Morgan fingerprint density at radius 1 is 1.04 bits per heavy atom. The predicted octanol–water partition coefficient (Wildman–Crippen LogP) is 3.42. The molecular weight excluding hydrogens is 318 g/mol. The molecule has 1 aromatic heterocycles. The van der Waals surface area contributed by atoms with E-state index in [1.807, 2.05) is 47.3 Å². The summed E-state index contributed by atoms with van der Waals surface area (Å²) in [5, 5.41) is 7.82. The van der Waals surface area contributed by atoms with E-state index in [1.54, 1.807) is 6.26 Å². The fourth-order valence-electron chi connectivity index (χ4n) is 2.56.